The number of halogens is 1. The van der Waals surface area contributed by atoms with Gasteiger partial charge < -0.3 is 15.7 Å². The molecule has 2 atom stereocenters. The first-order valence-corrected chi connectivity index (χ1v) is 6.66. The van der Waals surface area contributed by atoms with Crippen LogP contribution in [0.25, 0.3) is 0 Å². The number of amides is 2. The molecule has 0 aliphatic rings. The first-order chi connectivity index (χ1) is 7.99. The van der Waals surface area contributed by atoms with Crippen molar-refractivity contribution in [2.45, 2.75) is 32.4 Å². The standard InChI is InChI=1S/C11H17ClN2O2S/c1-7(15)5-6-13-11(16)14-8(2)9-3-4-10(12)17-9/h3-4,7-8,15H,5-6H2,1-2H3,(H2,13,14,16). The Balaban J connectivity index is 2.31. The van der Waals surface area contributed by atoms with Gasteiger partial charge in [0.2, 0.25) is 0 Å². The zero-order valence-corrected chi connectivity index (χ0v) is 11.4. The summed E-state index contributed by atoms with van der Waals surface area (Å²) in [5, 5.41) is 14.5. The van der Waals surface area contributed by atoms with Crippen molar-refractivity contribution in [3.8, 4) is 0 Å². The molecular weight excluding hydrogens is 260 g/mol. The molecule has 0 aromatic carbocycles. The molecule has 1 aromatic rings. The minimum atomic E-state index is -0.399. The third-order valence-corrected chi connectivity index (χ3v) is 3.63. The Morgan fingerprint density at radius 2 is 2.24 bits per heavy atom. The van der Waals surface area contributed by atoms with Crippen molar-refractivity contribution in [2.75, 3.05) is 6.54 Å². The van der Waals surface area contributed by atoms with E-state index in [-0.39, 0.29) is 12.1 Å². The highest BCUT2D eigenvalue weighted by molar-refractivity contribution is 7.16. The van der Waals surface area contributed by atoms with Gasteiger partial charge in [-0.2, -0.15) is 0 Å². The normalized spacial score (nSPS) is 14.1. The van der Waals surface area contributed by atoms with Gasteiger partial charge in [-0.1, -0.05) is 11.6 Å². The maximum atomic E-state index is 11.5. The molecule has 4 nitrogen and oxygen atoms in total. The van der Waals surface area contributed by atoms with Crippen LogP contribution in [0.1, 0.15) is 31.2 Å². The molecule has 2 unspecified atom stereocenters. The molecule has 96 valence electrons. The molecule has 1 rings (SSSR count). The fourth-order valence-corrected chi connectivity index (χ4v) is 2.34. The molecule has 0 saturated carbocycles. The van der Waals surface area contributed by atoms with E-state index in [4.69, 9.17) is 16.7 Å². The molecular formula is C11H17ClN2O2S. The van der Waals surface area contributed by atoms with Crippen LogP contribution in [0.5, 0.6) is 0 Å². The summed E-state index contributed by atoms with van der Waals surface area (Å²) in [7, 11) is 0. The second-order valence-electron chi connectivity index (χ2n) is 3.90. The van der Waals surface area contributed by atoms with E-state index in [1.165, 1.54) is 11.3 Å². The number of aliphatic hydroxyl groups excluding tert-OH is 1. The SMILES string of the molecule is CC(O)CCNC(=O)NC(C)c1ccc(Cl)s1. The van der Waals surface area contributed by atoms with Gasteiger partial charge in [0.1, 0.15) is 0 Å². The van der Waals surface area contributed by atoms with Crippen molar-refractivity contribution in [3.05, 3.63) is 21.3 Å². The summed E-state index contributed by atoms with van der Waals surface area (Å²) in [4.78, 5) is 12.5. The third-order valence-electron chi connectivity index (χ3n) is 2.22. The summed E-state index contributed by atoms with van der Waals surface area (Å²) in [6.07, 6.45) is 0.149. The summed E-state index contributed by atoms with van der Waals surface area (Å²) in [6.45, 7) is 4.05. The highest BCUT2D eigenvalue weighted by Crippen LogP contribution is 2.26. The minimum absolute atomic E-state index is 0.0703. The molecule has 0 aliphatic carbocycles. The second-order valence-corrected chi connectivity index (χ2v) is 5.65. The lowest BCUT2D eigenvalue weighted by Crippen LogP contribution is -2.37. The Morgan fingerprint density at radius 3 is 2.76 bits per heavy atom. The maximum absolute atomic E-state index is 11.5. The molecule has 1 aromatic heterocycles. The first kappa shape index (κ1) is 14.3. The van der Waals surface area contributed by atoms with Crippen LogP contribution in [0.15, 0.2) is 12.1 Å². The number of carbonyl (C=O) groups is 1. The highest BCUT2D eigenvalue weighted by Gasteiger charge is 2.11. The summed E-state index contributed by atoms with van der Waals surface area (Å²) < 4.78 is 0.711. The number of thiophene rings is 1. The van der Waals surface area contributed by atoms with Crippen LogP contribution in [-0.4, -0.2) is 23.8 Å². The van der Waals surface area contributed by atoms with Crippen molar-refractivity contribution in [1.82, 2.24) is 10.6 Å². The number of aliphatic hydroxyl groups is 1. The number of hydrogen-bond donors (Lipinski definition) is 3. The molecule has 1 heterocycles. The average Bonchev–Trinajstić information content (AvgIpc) is 2.64. The Kier molecular flexibility index (Phi) is 5.74. The van der Waals surface area contributed by atoms with Gasteiger partial charge in [0.05, 0.1) is 16.5 Å². The number of nitrogens with one attached hydrogen (secondary N) is 2. The zero-order chi connectivity index (χ0) is 12.8. The van der Waals surface area contributed by atoms with Gasteiger partial charge in [-0.25, -0.2) is 4.79 Å². The Hall–Kier alpha value is -0.780. The van der Waals surface area contributed by atoms with Crippen LogP contribution in [0.2, 0.25) is 4.34 Å². The quantitative estimate of drug-likeness (QED) is 0.774. The van der Waals surface area contributed by atoms with Gasteiger partial charge in [-0.3, -0.25) is 0 Å². The van der Waals surface area contributed by atoms with E-state index in [0.717, 1.165) is 4.88 Å². The van der Waals surface area contributed by atoms with E-state index >= 15 is 0 Å². The Labute approximate surface area is 110 Å². The molecule has 17 heavy (non-hydrogen) atoms. The van der Waals surface area contributed by atoms with Crippen molar-refractivity contribution in [1.29, 1.82) is 0 Å². The summed E-state index contributed by atoms with van der Waals surface area (Å²) >= 11 is 7.27. The van der Waals surface area contributed by atoms with E-state index in [2.05, 4.69) is 10.6 Å². The van der Waals surface area contributed by atoms with Crippen LogP contribution in [0.4, 0.5) is 4.79 Å². The van der Waals surface area contributed by atoms with E-state index in [9.17, 15) is 4.79 Å². The molecule has 6 heteroatoms. The van der Waals surface area contributed by atoms with Crippen LogP contribution in [-0.2, 0) is 0 Å². The molecule has 0 spiro atoms. The highest BCUT2D eigenvalue weighted by atomic mass is 35.5. The number of hydrogen-bond acceptors (Lipinski definition) is 3. The van der Waals surface area contributed by atoms with Gasteiger partial charge in [-0.15, -0.1) is 11.3 Å². The van der Waals surface area contributed by atoms with Gasteiger partial charge in [0, 0.05) is 11.4 Å². The lowest BCUT2D eigenvalue weighted by atomic mass is 10.3. The summed E-state index contributed by atoms with van der Waals surface area (Å²) in [6, 6.07) is 3.40. The fourth-order valence-electron chi connectivity index (χ4n) is 1.27. The maximum Gasteiger partial charge on any atom is 0.315 e. The van der Waals surface area contributed by atoms with E-state index in [0.29, 0.717) is 17.3 Å². The molecule has 0 bridgehead atoms. The summed E-state index contributed by atoms with van der Waals surface area (Å²) in [5.41, 5.74) is 0. The van der Waals surface area contributed by atoms with Gasteiger partial charge >= 0.3 is 6.03 Å². The Morgan fingerprint density at radius 1 is 1.53 bits per heavy atom. The monoisotopic (exact) mass is 276 g/mol. The van der Waals surface area contributed by atoms with Crippen LogP contribution >= 0.6 is 22.9 Å². The number of rotatable bonds is 5. The molecule has 0 aliphatic heterocycles. The van der Waals surface area contributed by atoms with Crippen molar-refractivity contribution in [3.63, 3.8) is 0 Å². The van der Waals surface area contributed by atoms with E-state index in [1.807, 2.05) is 19.1 Å². The lowest BCUT2D eigenvalue weighted by Gasteiger charge is -2.13. The average molecular weight is 277 g/mol. The first-order valence-electron chi connectivity index (χ1n) is 5.46. The van der Waals surface area contributed by atoms with Crippen molar-refractivity contribution >= 4 is 29.0 Å². The number of carbonyl (C=O) groups excluding carboxylic acids is 1. The zero-order valence-electron chi connectivity index (χ0n) is 9.87. The molecule has 0 fully saturated rings. The van der Waals surface area contributed by atoms with Gasteiger partial charge in [0.25, 0.3) is 0 Å². The lowest BCUT2D eigenvalue weighted by molar-refractivity contribution is 0.183. The van der Waals surface area contributed by atoms with Gasteiger partial charge in [-0.05, 0) is 32.4 Å². The van der Waals surface area contributed by atoms with Crippen LogP contribution in [0, 0.1) is 0 Å². The van der Waals surface area contributed by atoms with Crippen molar-refractivity contribution in [2.24, 2.45) is 0 Å². The second kappa shape index (κ2) is 6.83. The van der Waals surface area contributed by atoms with E-state index < -0.39 is 6.10 Å². The number of urea groups is 1. The Bertz CT molecular complexity index is 368. The molecule has 0 saturated heterocycles. The molecule has 2 amide bonds. The fraction of sp³-hybridized carbons (Fsp3) is 0.545. The van der Waals surface area contributed by atoms with Crippen molar-refractivity contribution < 1.29 is 9.90 Å². The minimum Gasteiger partial charge on any atom is -0.393 e. The molecule has 3 N–H and O–H groups in total. The van der Waals surface area contributed by atoms with Gasteiger partial charge in [0.15, 0.2) is 0 Å². The largest absolute Gasteiger partial charge is 0.393 e. The van der Waals surface area contributed by atoms with Crippen LogP contribution in [0.3, 0.4) is 0 Å². The predicted molar refractivity (Wildman–Crippen MR) is 70.6 cm³/mol. The smallest absolute Gasteiger partial charge is 0.315 e. The topological polar surface area (TPSA) is 61.4 Å². The third kappa shape index (κ3) is 5.39. The van der Waals surface area contributed by atoms with Crippen LogP contribution < -0.4 is 10.6 Å². The predicted octanol–water partition coefficient (Wildman–Crippen LogP) is 2.53. The summed E-state index contributed by atoms with van der Waals surface area (Å²) in [5.74, 6) is 0. The molecule has 0 radical (unpaired) electrons. The van der Waals surface area contributed by atoms with E-state index in [1.54, 1.807) is 6.92 Å².